The van der Waals surface area contributed by atoms with E-state index in [1.807, 2.05) is 17.5 Å². The Balaban J connectivity index is 2.00. The smallest absolute Gasteiger partial charge is 0.261 e. The molecule has 1 amide bonds. The molecule has 0 aliphatic rings. The number of rotatable bonds is 5. The molecule has 2 heterocycles. The Morgan fingerprint density at radius 3 is 2.72 bits per heavy atom. The zero-order valence-corrected chi connectivity index (χ0v) is 11.2. The number of carbonyl (C=O) groups is 1. The average molecular weight is 264 g/mol. The van der Waals surface area contributed by atoms with E-state index in [0.717, 1.165) is 4.88 Å². The highest BCUT2D eigenvalue weighted by atomic mass is 32.1. The summed E-state index contributed by atoms with van der Waals surface area (Å²) >= 11 is 1.44. The molecular weight excluding hydrogens is 248 g/mol. The maximum Gasteiger partial charge on any atom is 0.261 e. The summed E-state index contributed by atoms with van der Waals surface area (Å²) in [7, 11) is 0. The maximum atomic E-state index is 12.0. The summed E-state index contributed by atoms with van der Waals surface area (Å²) in [4.78, 5) is 14.3. The first kappa shape index (κ1) is 12.8. The van der Waals surface area contributed by atoms with Crippen LogP contribution in [0, 0.1) is 5.92 Å². The topological polar surface area (TPSA) is 59.8 Å². The van der Waals surface area contributed by atoms with Gasteiger partial charge in [0.1, 0.15) is 0 Å². The minimum absolute atomic E-state index is 0.0204. The number of amides is 1. The lowest BCUT2D eigenvalue weighted by Crippen LogP contribution is -2.41. The summed E-state index contributed by atoms with van der Waals surface area (Å²) in [6.07, 6.45) is 3.27. The predicted octanol–water partition coefficient (Wildman–Crippen LogP) is 1.79. The summed E-state index contributed by atoms with van der Waals surface area (Å²) in [6, 6.07) is 3.72. The van der Waals surface area contributed by atoms with Gasteiger partial charge in [0, 0.05) is 0 Å². The quantitative estimate of drug-likeness (QED) is 0.895. The van der Waals surface area contributed by atoms with E-state index in [9.17, 15) is 4.79 Å². The molecule has 0 aromatic carbocycles. The van der Waals surface area contributed by atoms with Gasteiger partial charge in [0.25, 0.3) is 5.91 Å². The number of aromatic nitrogens is 3. The number of carbonyl (C=O) groups excluding carboxylic acids is 1. The van der Waals surface area contributed by atoms with Gasteiger partial charge in [-0.25, -0.2) is 0 Å². The standard InChI is InChI=1S/C12H16N4OS/c1-9(2)10(8-16-13-5-6-14-16)15-12(17)11-4-3-7-18-11/h3-7,9-10H,8H2,1-2H3,(H,15,17). The normalized spacial score (nSPS) is 12.6. The van der Waals surface area contributed by atoms with Crippen molar-refractivity contribution in [2.45, 2.75) is 26.4 Å². The zero-order chi connectivity index (χ0) is 13.0. The molecule has 1 atom stereocenters. The Labute approximate surface area is 110 Å². The highest BCUT2D eigenvalue weighted by Crippen LogP contribution is 2.10. The van der Waals surface area contributed by atoms with Gasteiger partial charge in [-0.3, -0.25) is 4.79 Å². The van der Waals surface area contributed by atoms with Crippen LogP contribution in [0.4, 0.5) is 0 Å². The van der Waals surface area contributed by atoms with Gasteiger partial charge in [-0.15, -0.1) is 11.3 Å². The van der Waals surface area contributed by atoms with Crippen LogP contribution in [-0.2, 0) is 6.54 Å². The summed E-state index contributed by atoms with van der Waals surface area (Å²) in [5, 5.41) is 13.1. The fraction of sp³-hybridized carbons (Fsp3) is 0.417. The van der Waals surface area contributed by atoms with E-state index in [-0.39, 0.29) is 11.9 Å². The second kappa shape index (κ2) is 5.77. The summed E-state index contributed by atoms with van der Waals surface area (Å²) in [6.45, 7) is 4.73. The molecule has 96 valence electrons. The number of hydrogen-bond donors (Lipinski definition) is 1. The maximum absolute atomic E-state index is 12.0. The van der Waals surface area contributed by atoms with E-state index in [4.69, 9.17) is 0 Å². The molecule has 1 N–H and O–H groups in total. The molecule has 18 heavy (non-hydrogen) atoms. The zero-order valence-electron chi connectivity index (χ0n) is 10.4. The molecule has 0 aliphatic carbocycles. The molecule has 5 nitrogen and oxygen atoms in total. The Morgan fingerprint density at radius 1 is 1.44 bits per heavy atom. The van der Waals surface area contributed by atoms with Gasteiger partial charge in [-0.05, 0) is 17.4 Å². The fourth-order valence-electron chi connectivity index (χ4n) is 1.58. The minimum atomic E-state index is -0.0316. The van der Waals surface area contributed by atoms with Crippen LogP contribution in [0.1, 0.15) is 23.5 Å². The van der Waals surface area contributed by atoms with Crippen molar-refractivity contribution in [1.82, 2.24) is 20.3 Å². The van der Waals surface area contributed by atoms with Crippen LogP contribution in [0.3, 0.4) is 0 Å². The van der Waals surface area contributed by atoms with Crippen LogP contribution in [0.25, 0.3) is 0 Å². The van der Waals surface area contributed by atoms with Gasteiger partial charge in [-0.1, -0.05) is 19.9 Å². The van der Waals surface area contributed by atoms with Crippen LogP contribution >= 0.6 is 11.3 Å². The van der Waals surface area contributed by atoms with Gasteiger partial charge in [0.15, 0.2) is 0 Å². The number of nitrogens with zero attached hydrogens (tertiary/aromatic N) is 3. The van der Waals surface area contributed by atoms with Crippen molar-refractivity contribution >= 4 is 17.2 Å². The highest BCUT2D eigenvalue weighted by molar-refractivity contribution is 7.12. The third kappa shape index (κ3) is 3.16. The van der Waals surface area contributed by atoms with Gasteiger partial charge >= 0.3 is 0 Å². The van der Waals surface area contributed by atoms with E-state index >= 15 is 0 Å². The van der Waals surface area contributed by atoms with Crippen LogP contribution in [0.2, 0.25) is 0 Å². The van der Waals surface area contributed by atoms with E-state index in [1.165, 1.54) is 11.3 Å². The third-order valence-electron chi connectivity index (χ3n) is 2.69. The van der Waals surface area contributed by atoms with Crippen molar-refractivity contribution in [2.75, 3.05) is 0 Å². The van der Waals surface area contributed by atoms with Crippen LogP contribution < -0.4 is 5.32 Å². The summed E-state index contributed by atoms with van der Waals surface area (Å²) < 4.78 is 0. The second-order valence-corrected chi connectivity index (χ2v) is 5.33. The van der Waals surface area contributed by atoms with Crippen molar-refractivity contribution in [1.29, 1.82) is 0 Å². The van der Waals surface area contributed by atoms with Crippen molar-refractivity contribution in [3.8, 4) is 0 Å². The molecule has 0 saturated heterocycles. The second-order valence-electron chi connectivity index (χ2n) is 4.39. The van der Waals surface area contributed by atoms with E-state index in [0.29, 0.717) is 12.5 Å². The molecule has 2 aromatic heterocycles. The van der Waals surface area contributed by atoms with Crippen LogP contribution in [0.5, 0.6) is 0 Å². The van der Waals surface area contributed by atoms with Crippen LogP contribution in [0.15, 0.2) is 29.9 Å². The predicted molar refractivity (Wildman–Crippen MR) is 70.4 cm³/mol. The number of nitrogens with one attached hydrogen (secondary N) is 1. The molecule has 0 fully saturated rings. The third-order valence-corrected chi connectivity index (χ3v) is 3.56. The lowest BCUT2D eigenvalue weighted by molar-refractivity contribution is 0.0922. The number of thiophene rings is 1. The first-order chi connectivity index (χ1) is 8.66. The summed E-state index contributed by atoms with van der Waals surface area (Å²) in [5.41, 5.74) is 0. The molecule has 1 unspecified atom stereocenters. The molecule has 0 aliphatic heterocycles. The van der Waals surface area contributed by atoms with Crippen molar-refractivity contribution < 1.29 is 4.79 Å². The van der Waals surface area contributed by atoms with Gasteiger partial charge < -0.3 is 5.32 Å². The van der Waals surface area contributed by atoms with E-state index in [2.05, 4.69) is 29.4 Å². The highest BCUT2D eigenvalue weighted by Gasteiger charge is 2.18. The Morgan fingerprint density at radius 2 is 2.17 bits per heavy atom. The van der Waals surface area contributed by atoms with Crippen molar-refractivity contribution in [3.63, 3.8) is 0 Å². The van der Waals surface area contributed by atoms with Crippen LogP contribution in [-0.4, -0.2) is 26.9 Å². The first-order valence-corrected chi connectivity index (χ1v) is 6.73. The Bertz CT molecular complexity index is 478. The molecule has 2 aromatic rings. The fourth-order valence-corrected chi connectivity index (χ4v) is 2.21. The molecule has 0 bridgehead atoms. The molecule has 0 spiro atoms. The van der Waals surface area contributed by atoms with Gasteiger partial charge in [0.05, 0.1) is 29.9 Å². The minimum Gasteiger partial charge on any atom is -0.346 e. The molecule has 0 radical (unpaired) electrons. The van der Waals surface area contributed by atoms with Crippen molar-refractivity contribution in [2.24, 2.45) is 5.92 Å². The van der Waals surface area contributed by atoms with Gasteiger partial charge in [-0.2, -0.15) is 15.0 Å². The molecule has 6 heteroatoms. The Hall–Kier alpha value is -1.69. The summed E-state index contributed by atoms with van der Waals surface area (Å²) in [5.74, 6) is 0.288. The average Bonchev–Trinajstić information content (AvgIpc) is 3.00. The SMILES string of the molecule is CC(C)C(Cn1nccn1)NC(=O)c1cccs1. The number of hydrogen-bond acceptors (Lipinski definition) is 4. The van der Waals surface area contributed by atoms with Crippen molar-refractivity contribution in [3.05, 3.63) is 34.8 Å². The molecule has 2 rings (SSSR count). The van der Waals surface area contributed by atoms with E-state index < -0.39 is 0 Å². The van der Waals surface area contributed by atoms with E-state index in [1.54, 1.807) is 17.2 Å². The molecule has 0 saturated carbocycles. The largest absolute Gasteiger partial charge is 0.346 e. The monoisotopic (exact) mass is 264 g/mol. The molecular formula is C12H16N4OS. The first-order valence-electron chi connectivity index (χ1n) is 5.85. The Kier molecular flexibility index (Phi) is 4.09. The van der Waals surface area contributed by atoms with Gasteiger partial charge in [0.2, 0.25) is 0 Å². The lowest BCUT2D eigenvalue weighted by Gasteiger charge is -2.21. The lowest BCUT2D eigenvalue weighted by atomic mass is 10.0.